The lowest BCUT2D eigenvalue weighted by Crippen LogP contribution is -2.48. The van der Waals surface area contributed by atoms with Crippen LogP contribution in [0.2, 0.25) is 5.02 Å². The average molecular weight is 475 g/mol. The van der Waals surface area contributed by atoms with E-state index in [0.717, 1.165) is 30.2 Å². The molecule has 1 aliphatic rings. The van der Waals surface area contributed by atoms with Crippen molar-refractivity contribution in [3.05, 3.63) is 99.6 Å². The maximum Gasteiger partial charge on any atom is 0.268 e. The third-order valence-corrected chi connectivity index (χ3v) is 6.44. The molecule has 2 atom stereocenters. The fraction of sp³-hybridized carbons (Fsp3) is 0.192. The first-order chi connectivity index (χ1) is 16.5. The Morgan fingerprint density at radius 1 is 0.912 bits per heavy atom. The van der Waals surface area contributed by atoms with Crippen molar-refractivity contribution in [1.29, 1.82) is 0 Å². The second-order valence-electron chi connectivity index (χ2n) is 8.46. The van der Waals surface area contributed by atoms with Gasteiger partial charge in [0.05, 0.1) is 0 Å². The Labute approximate surface area is 200 Å². The molecule has 1 unspecified atom stereocenters. The number of amides is 2. The van der Waals surface area contributed by atoms with E-state index in [4.69, 9.17) is 11.6 Å². The van der Waals surface area contributed by atoms with Gasteiger partial charge in [0.1, 0.15) is 5.69 Å². The van der Waals surface area contributed by atoms with Crippen LogP contribution in [0, 0.1) is 0 Å². The third-order valence-electron chi connectivity index (χ3n) is 6.21. The van der Waals surface area contributed by atoms with Gasteiger partial charge in [-0.3, -0.25) is 19.0 Å². The molecule has 2 amide bonds. The van der Waals surface area contributed by atoms with Crippen LogP contribution in [-0.4, -0.2) is 33.4 Å². The zero-order valence-electron chi connectivity index (χ0n) is 18.3. The number of H-pyrrole nitrogens is 1. The first-order valence-electron chi connectivity index (χ1n) is 11.2. The van der Waals surface area contributed by atoms with E-state index in [2.05, 4.69) is 15.6 Å². The van der Waals surface area contributed by atoms with Gasteiger partial charge in [0.25, 0.3) is 17.4 Å². The maximum absolute atomic E-state index is 12.9. The fourth-order valence-corrected chi connectivity index (χ4v) is 4.62. The van der Waals surface area contributed by atoms with E-state index in [0.29, 0.717) is 22.0 Å². The quantitative estimate of drug-likeness (QED) is 0.407. The van der Waals surface area contributed by atoms with E-state index in [1.807, 2.05) is 12.1 Å². The molecule has 8 heteroatoms. The number of benzene rings is 2. The second kappa shape index (κ2) is 9.19. The third kappa shape index (κ3) is 4.47. The van der Waals surface area contributed by atoms with Crippen molar-refractivity contribution >= 4 is 34.3 Å². The smallest absolute Gasteiger partial charge is 0.268 e. The summed E-state index contributed by atoms with van der Waals surface area (Å²) in [5.74, 6) is -0.422. The van der Waals surface area contributed by atoms with Crippen LogP contribution in [0.5, 0.6) is 0 Å². The summed E-state index contributed by atoms with van der Waals surface area (Å²) in [6.45, 7) is 0. The molecular formula is C26H23ClN4O3. The molecule has 1 aliphatic carbocycles. The molecule has 0 spiro atoms. The minimum atomic E-state index is -0.212. The SMILES string of the molecule is O=C(N[C@H]1CCCC1NC(=O)c1cc2cc(Cl)ccc2[nH]1)c1ccc(-n2ccccc2=O)cc1. The monoisotopic (exact) mass is 474 g/mol. The number of rotatable bonds is 5. The topological polar surface area (TPSA) is 96.0 Å². The van der Waals surface area contributed by atoms with Gasteiger partial charge in [-0.2, -0.15) is 0 Å². The predicted octanol–water partition coefficient (Wildman–Crippen LogP) is 4.05. The van der Waals surface area contributed by atoms with E-state index in [1.54, 1.807) is 54.7 Å². The molecule has 5 rings (SSSR count). The van der Waals surface area contributed by atoms with Crippen LogP contribution in [0.4, 0.5) is 0 Å². The predicted molar refractivity (Wildman–Crippen MR) is 132 cm³/mol. The Kier molecular flexibility index (Phi) is 5.94. The molecule has 1 fully saturated rings. The molecule has 0 radical (unpaired) electrons. The number of carbonyl (C=O) groups is 2. The molecule has 34 heavy (non-hydrogen) atoms. The van der Waals surface area contributed by atoms with Gasteiger partial charge >= 0.3 is 0 Å². The number of fused-ring (bicyclic) bond motifs is 1. The summed E-state index contributed by atoms with van der Waals surface area (Å²) >= 11 is 6.04. The first kappa shape index (κ1) is 22.0. The van der Waals surface area contributed by atoms with Crippen LogP contribution in [-0.2, 0) is 0 Å². The molecule has 3 N–H and O–H groups in total. The summed E-state index contributed by atoms with van der Waals surface area (Å²) in [6, 6.07) is 18.7. The van der Waals surface area contributed by atoms with Crippen molar-refractivity contribution in [2.24, 2.45) is 0 Å². The Morgan fingerprint density at radius 2 is 1.65 bits per heavy atom. The highest BCUT2D eigenvalue weighted by Gasteiger charge is 2.30. The number of hydrogen-bond donors (Lipinski definition) is 3. The average Bonchev–Trinajstić information content (AvgIpc) is 3.46. The molecule has 7 nitrogen and oxygen atoms in total. The largest absolute Gasteiger partial charge is 0.351 e. The maximum atomic E-state index is 12.9. The van der Waals surface area contributed by atoms with E-state index in [9.17, 15) is 14.4 Å². The van der Waals surface area contributed by atoms with E-state index in [-0.39, 0.29) is 29.5 Å². The van der Waals surface area contributed by atoms with Crippen molar-refractivity contribution in [3.8, 4) is 5.69 Å². The number of hydrogen-bond acceptors (Lipinski definition) is 3. The van der Waals surface area contributed by atoms with Gasteiger partial charge in [0.2, 0.25) is 0 Å². The Hall–Kier alpha value is -3.84. The summed E-state index contributed by atoms with van der Waals surface area (Å²) < 4.78 is 1.52. The standard InChI is InChI=1S/C26H23ClN4O3/c27-18-9-12-20-17(14-18)15-23(28-20)26(34)30-22-5-3-4-21(22)29-25(33)16-7-10-19(11-8-16)31-13-2-1-6-24(31)32/h1-2,6-15,21-22,28H,3-5H2,(H,29,33)(H,30,34)/t21-,22?/m0/s1. The van der Waals surface area contributed by atoms with Gasteiger partial charge in [0.15, 0.2) is 0 Å². The number of aromatic amines is 1. The normalized spacial score (nSPS) is 17.6. The number of nitrogens with zero attached hydrogens (tertiary/aromatic N) is 1. The fourth-order valence-electron chi connectivity index (χ4n) is 4.44. The molecule has 172 valence electrons. The van der Waals surface area contributed by atoms with Gasteiger partial charge in [0, 0.05) is 51.5 Å². The minimum Gasteiger partial charge on any atom is -0.351 e. The van der Waals surface area contributed by atoms with Crippen molar-refractivity contribution in [2.45, 2.75) is 31.3 Å². The zero-order valence-corrected chi connectivity index (χ0v) is 19.0. The molecule has 1 saturated carbocycles. The van der Waals surface area contributed by atoms with Crippen LogP contribution in [0.1, 0.15) is 40.1 Å². The van der Waals surface area contributed by atoms with Crippen molar-refractivity contribution < 1.29 is 9.59 Å². The number of nitrogens with one attached hydrogen (secondary N) is 3. The van der Waals surface area contributed by atoms with Crippen LogP contribution in [0.15, 0.2) is 77.7 Å². The molecule has 0 bridgehead atoms. The molecule has 2 aromatic heterocycles. The lowest BCUT2D eigenvalue weighted by molar-refractivity contribution is 0.0889. The molecule has 4 aromatic rings. The van der Waals surface area contributed by atoms with Crippen molar-refractivity contribution in [3.63, 3.8) is 0 Å². The number of carbonyl (C=O) groups excluding carboxylic acids is 2. The van der Waals surface area contributed by atoms with Crippen LogP contribution in [0.25, 0.3) is 16.6 Å². The summed E-state index contributed by atoms with van der Waals surface area (Å²) in [5.41, 5.74) is 2.35. The number of aromatic nitrogens is 2. The van der Waals surface area contributed by atoms with Crippen molar-refractivity contribution in [2.75, 3.05) is 0 Å². The summed E-state index contributed by atoms with van der Waals surface area (Å²) in [7, 11) is 0. The van der Waals surface area contributed by atoms with E-state index < -0.39 is 0 Å². The van der Waals surface area contributed by atoms with Gasteiger partial charge in [-0.15, -0.1) is 0 Å². The molecular weight excluding hydrogens is 452 g/mol. The van der Waals surface area contributed by atoms with Crippen LogP contribution in [0.3, 0.4) is 0 Å². The Morgan fingerprint density at radius 3 is 2.38 bits per heavy atom. The summed E-state index contributed by atoms with van der Waals surface area (Å²) in [4.78, 5) is 40.8. The van der Waals surface area contributed by atoms with Gasteiger partial charge < -0.3 is 15.6 Å². The van der Waals surface area contributed by atoms with Gasteiger partial charge in [-0.1, -0.05) is 17.7 Å². The van der Waals surface area contributed by atoms with Gasteiger partial charge in [-0.05, 0) is 73.9 Å². The van der Waals surface area contributed by atoms with Gasteiger partial charge in [-0.25, -0.2) is 0 Å². The molecule has 2 aromatic carbocycles. The zero-order chi connectivity index (χ0) is 23.7. The highest BCUT2D eigenvalue weighted by atomic mass is 35.5. The lowest BCUT2D eigenvalue weighted by atomic mass is 10.1. The molecule has 0 saturated heterocycles. The minimum absolute atomic E-state index is 0.137. The van der Waals surface area contributed by atoms with E-state index in [1.165, 1.54) is 10.6 Å². The van der Waals surface area contributed by atoms with Crippen LogP contribution >= 0.6 is 11.6 Å². The number of halogens is 1. The highest BCUT2D eigenvalue weighted by Crippen LogP contribution is 2.23. The first-order valence-corrected chi connectivity index (χ1v) is 11.5. The highest BCUT2D eigenvalue weighted by molar-refractivity contribution is 6.31. The van der Waals surface area contributed by atoms with Crippen LogP contribution < -0.4 is 16.2 Å². The van der Waals surface area contributed by atoms with Crippen molar-refractivity contribution in [1.82, 2.24) is 20.2 Å². The molecule has 0 aliphatic heterocycles. The van der Waals surface area contributed by atoms with E-state index >= 15 is 0 Å². The molecule has 2 heterocycles. The summed E-state index contributed by atoms with van der Waals surface area (Å²) in [6.07, 6.45) is 4.17. The number of pyridine rings is 1. The lowest BCUT2D eigenvalue weighted by Gasteiger charge is -2.22. The second-order valence-corrected chi connectivity index (χ2v) is 8.90. The Bertz CT molecular complexity index is 1420. The Balaban J connectivity index is 1.25. The summed E-state index contributed by atoms with van der Waals surface area (Å²) in [5, 5.41) is 7.60.